The fourth-order valence-corrected chi connectivity index (χ4v) is 2.02. The Hall–Kier alpha value is -1.87. The molecule has 0 amide bonds. The molecule has 4 heteroatoms. The van der Waals surface area contributed by atoms with E-state index in [0.717, 1.165) is 0 Å². The lowest BCUT2D eigenvalue weighted by Gasteiger charge is -2.08. The Morgan fingerprint density at radius 1 is 1.26 bits per heavy atom. The highest BCUT2D eigenvalue weighted by molar-refractivity contribution is 6.30. The molecule has 0 aromatic heterocycles. The minimum absolute atomic E-state index is 0.0488. The predicted molar refractivity (Wildman–Crippen MR) is 72.4 cm³/mol. The molecule has 0 unspecified atom stereocenters. The molecule has 2 aromatic rings. The van der Waals surface area contributed by atoms with Crippen LogP contribution >= 0.6 is 11.6 Å². The Morgan fingerprint density at radius 2 is 2.00 bits per heavy atom. The van der Waals surface area contributed by atoms with Gasteiger partial charge in [-0.25, -0.2) is 4.39 Å². The van der Waals surface area contributed by atoms with Crippen LogP contribution in [0.25, 0.3) is 0 Å². The molecule has 0 atom stereocenters. The van der Waals surface area contributed by atoms with Gasteiger partial charge in [-0.15, -0.1) is 0 Å². The van der Waals surface area contributed by atoms with E-state index in [4.69, 9.17) is 16.3 Å². The maximum Gasteiger partial charge on any atom is 0.171 e. The van der Waals surface area contributed by atoms with E-state index in [1.54, 1.807) is 24.3 Å². The second-order valence-corrected chi connectivity index (χ2v) is 4.47. The molecule has 2 rings (SSSR count). The van der Waals surface area contributed by atoms with Crippen LogP contribution in [0.1, 0.15) is 15.9 Å². The van der Waals surface area contributed by atoms with E-state index in [1.165, 1.54) is 25.3 Å². The van der Waals surface area contributed by atoms with Crippen LogP contribution < -0.4 is 4.74 Å². The van der Waals surface area contributed by atoms with Crippen LogP contribution in [0.3, 0.4) is 0 Å². The summed E-state index contributed by atoms with van der Waals surface area (Å²) in [5, 5.41) is 0.407. The fourth-order valence-electron chi connectivity index (χ4n) is 1.82. The highest BCUT2D eigenvalue weighted by Gasteiger charge is 2.14. The fraction of sp³-hybridized carbons (Fsp3) is 0.133. The number of para-hydroxylation sites is 1. The molecule has 0 saturated carbocycles. The highest BCUT2D eigenvalue weighted by Crippen LogP contribution is 2.21. The largest absolute Gasteiger partial charge is 0.496 e. The first kappa shape index (κ1) is 13.6. The van der Waals surface area contributed by atoms with E-state index in [0.29, 0.717) is 16.3 Å². The summed E-state index contributed by atoms with van der Waals surface area (Å²) in [7, 11) is 1.49. The Morgan fingerprint density at radius 3 is 2.74 bits per heavy atom. The van der Waals surface area contributed by atoms with Gasteiger partial charge in [0.1, 0.15) is 11.6 Å². The third kappa shape index (κ3) is 3.12. The minimum Gasteiger partial charge on any atom is -0.496 e. The first-order valence-electron chi connectivity index (χ1n) is 5.72. The molecule has 0 fully saturated rings. The van der Waals surface area contributed by atoms with E-state index in [-0.39, 0.29) is 17.8 Å². The van der Waals surface area contributed by atoms with Crippen LogP contribution in [0.5, 0.6) is 5.75 Å². The molecule has 0 radical (unpaired) electrons. The molecule has 0 bridgehead atoms. The van der Waals surface area contributed by atoms with E-state index in [2.05, 4.69) is 0 Å². The van der Waals surface area contributed by atoms with Crippen molar-refractivity contribution < 1.29 is 13.9 Å². The lowest BCUT2D eigenvalue weighted by molar-refractivity contribution is 0.0989. The van der Waals surface area contributed by atoms with Gasteiger partial charge in [-0.05, 0) is 35.9 Å². The van der Waals surface area contributed by atoms with Crippen molar-refractivity contribution in [3.63, 3.8) is 0 Å². The van der Waals surface area contributed by atoms with Crippen molar-refractivity contribution in [3.8, 4) is 5.75 Å². The molecule has 2 nitrogen and oxygen atoms in total. The quantitative estimate of drug-likeness (QED) is 0.793. The number of carbonyl (C=O) groups excluding carboxylic acids is 1. The zero-order valence-electron chi connectivity index (χ0n) is 10.3. The van der Waals surface area contributed by atoms with Gasteiger partial charge in [-0.2, -0.15) is 0 Å². The molecule has 0 spiro atoms. The average molecular weight is 279 g/mol. The summed E-state index contributed by atoms with van der Waals surface area (Å²) in [5.41, 5.74) is 0.716. The Labute approximate surface area is 115 Å². The molecule has 0 N–H and O–H groups in total. The number of methoxy groups -OCH3 is 1. The number of benzene rings is 2. The normalized spacial score (nSPS) is 10.3. The van der Waals surface area contributed by atoms with Crippen molar-refractivity contribution in [2.45, 2.75) is 6.42 Å². The number of rotatable bonds is 4. The second-order valence-electron chi connectivity index (χ2n) is 4.04. The number of ether oxygens (including phenoxy) is 1. The monoisotopic (exact) mass is 278 g/mol. The van der Waals surface area contributed by atoms with E-state index >= 15 is 0 Å². The van der Waals surface area contributed by atoms with Crippen LogP contribution in [0.2, 0.25) is 5.02 Å². The maximum atomic E-state index is 13.6. The van der Waals surface area contributed by atoms with Gasteiger partial charge in [0.25, 0.3) is 0 Å². The molecule has 0 aliphatic heterocycles. The number of hydrogen-bond donors (Lipinski definition) is 0. The van der Waals surface area contributed by atoms with Crippen LogP contribution in [-0.2, 0) is 6.42 Å². The highest BCUT2D eigenvalue weighted by atomic mass is 35.5. The van der Waals surface area contributed by atoms with Crippen LogP contribution in [-0.4, -0.2) is 12.9 Å². The van der Waals surface area contributed by atoms with Gasteiger partial charge in [0.15, 0.2) is 5.78 Å². The van der Waals surface area contributed by atoms with Gasteiger partial charge in [0.05, 0.1) is 12.7 Å². The number of ketones is 1. The molecule has 2 aromatic carbocycles. The Kier molecular flexibility index (Phi) is 4.17. The number of hydrogen-bond acceptors (Lipinski definition) is 2. The number of halogens is 2. The average Bonchev–Trinajstić information content (AvgIpc) is 2.42. The van der Waals surface area contributed by atoms with Crippen LogP contribution in [0.15, 0.2) is 42.5 Å². The predicted octanol–water partition coefficient (Wildman–Crippen LogP) is 3.91. The minimum atomic E-state index is -0.437. The molecular weight excluding hydrogens is 267 g/mol. The van der Waals surface area contributed by atoms with E-state index in [9.17, 15) is 9.18 Å². The zero-order chi connectivity index (χ0) is 13.8. The summed E-state index contributed by atoms with van der Waals surface area (Å²) in [4.78, 5) is 12.2. The van der Waals surface area contributed by atoms with Crippen LogP contribution in [0, 0.1) is 5.82 Å². The smallest absolute Gasteiger partial charge is 0.171 e. The summed E-state index contributed by atoms with van der Waals surface area (Å²) in [6, 6.07) is 11.0. The lowest BCUT2D eigenvalue weighted by atomic mass is 10.0. The molecule has 98 valence electrons. The Balaban J connectivity index is 2.28. The molecular formula is C15H12ClFO2. The van der Waals surface area contributed by atoms with Gasteiger partial charge < -0.3 is 4.74 Å². The van der Waals surface area contributed by atoms with Crippen molar-refractivity contribution >= 4 is 17.4 Å². The van der Waals surface area contributed by atoms with Gasteiger partial charge in [-0.3, -0.25) is 4.79 Å². The van der Waals surface area contributed by atoms with E-state index in [1.807, 2.05) is 0 Å². The summed E-state index contributed by atoms with van der Waals surface area (Å²) in [6.45, 7) is 0. The summed E-state index contributed by atoms with van der Waals surface area (Å²) >= 11 is 5.80. The van der Waals surface area contributed by atoms with Gasteiger partial charge >= 0.3 is 0 Å². The van der Waals surface area contributed by atoms with Crippen molar-refractivity contribution in [1.82, 2.24) is 0 Å². The first-order chi connectivity index (χ1) is 9.11. The number of Topliss-reactive ketones (excluding diaryl/α,β-unsaturated/α-hetero) is 1. The van der Waals surface area contributed by atoms with Gasteiger partial charge in [0, 0.05) is 11.4 Å². The zero-order valence-corrected chi connectivity index (χ0v) is 11.1. The van der Waals surface area contributed by atoms with Crippen molar-refractivity contribution in [3.05, 3.63) is 64.4 Å². The van der Waals surface area contributed by atoms with Gasteiger partial charge in [0.2, 0.25) is 0 Å². The summed E-state index contributed by atoms with van der Waals surface area (Å²) in [5.74, 6) is -0.166. The third-order valence-corrected chi connectivity index (χ3v) is 3.00. The van der Waals surface area contributed by atoms with Crippen molar-refractivity contribution in [2.75, 3.05) is 7.11 Å². The molecule has 0 aliphatic rings. The summed E-state index contributed by atoms with van der Waals surface area (Å²) in [6.07, 6.45) is -0.0488. The van der Waals surface area contributed by atoms with Crippen molar-refractivity contribution in [1.29, 1.82) is 0 Å². The number of carbonyl (C=O) groups is 1. The summed E-state index contributed by atoms with van der Waals surface area (Å²) < 4.78 is 18.7. The van der Waals surface area contributed by atoms with Gasteiger partial charge in [-0.1, -0.05) is 23.7 Å². The molecule has 0 aliphatic carbocycles. The Bertz CT molecular complexity index is 611. The molecule has 19 heavy (non-hydrogen) atoms. The first-order valence-corrected chi connectivity index (χ1v) is 6.09. The molecule has 0 heterocycles. The SMILES string of the molecule is COc1ccccc1C(=O)Cc1cc(Cl)ccc1F. The maximum absolute atomic E-state index is 13.6. The third-order valence-electron chi connectivity index (χ3n) is 2.77. The van der Waals surface area contributed by atoms with E-state index < -0.39 is 5.82 Å². The topological polar surface area (TPSA) is 26.3 Å². The standard InChI is InChI=1S/C15H12ClFO2/c1-19-15-5-3-2-4-12(15)14(18)9-10-8-11(16)6-7-13(10)17/h2-8H,9H2,1H3. The lowest BCUT2D eigenvalue weighted by Crippen LogP contribution is -2.07. The van der Waals surface area contributed by atoms with Crippen LogP contribution in [0.4, 0.5) is 4.39 Å². The molecule has 0 saturated heterocycles. The van der Waals surface area contributed by atoms with Crippen molar-refractivity contribution in [2.24, 2.45) is 0 Å². The second kappa shape index (κ2) is 5.85.